The van der Waals surface area contributed by atoms with Gasteiger partial charge >= 0.3 is 5.97 Å². The van der Waals surface area contributed by atoms with Gasteiger partial charge < -0.3 is 15.4 Å². The summed E-state index contributed by atoms with van der Waals surface area (Å²) >= 11 is 1.96. The number of unbranched alkanes of at least 4 members (excludes halogenated alkanes) is 1. The van der Waals surface area contributed by atoms with Gasteiger partial charge in [-0.1, -0.05) is 30.7 Å². The van der Waals surface area contributed by atoms with Gasteiger partial charge in [0.1, 0.15) is 11.4 Å². The first-order valence-electron chi connectivity index (χ1n) is 13.6. The maximum absolute atomic E-state index is 12.3. The van der Waals surface area contributed by atoms with Crippen molar-refractivity contribution in [1.82, 2.24) is 10.6 Å². The van der Waals surface area contributed by atoms with Crippen LogP contribution in [0.3, 0.4) is 0 Å². The lowest BCUT2D eigenvalue weighted by atomic mass is 9.94. The fourth-order valence-electron chi connectivity index (χ4n) is 4.94. The number of esters is 1. The number of aryl methyl sites for hydroxylation is 1. The molecule has 37 heavy (non-hydrogen) atoms. The summed E-state index contributed by atoms with van der Waals surface area (Å²) in [7, 11) is 0. The Morgan fingerprint density at radius 2 is 1.76 bits per heavy atom. The molecule has 8 heteroatoms. The number of benzene rings is 1. The summed E-state index contributed by atoms with van der Waals surface area (Å²) in [6.07, 6.45) is 6.49. The smallest absolute Gasteiger partial charge is 0.306 e. The summed E-state index contributed by atoms with van der Waals surface area (Å²) in [4.78, 5) is 47.9. The van der Waals surface area contributed by atoms with Crippen LogP contribution in [0.1, 0.15) is 83.3 Å². The van der Waals surface area contributed by atoms with Gasteiger partial charge in [0.15, 0.2) is 0 Å². The number of ketones is 1. The molecule has 0 aliphatic carbocycles. The van der Waals surface area contributed by atoms with E-state index in [1.54, 1.807) is 0 Å². The second-order valence-electron chi connectivity index (χ2n) is 11.2. The van der Waals surface area contributed by atoms with E-state index in [1.165, 1.54) is 0 Å². The average Bonchev–Trinajstić information content (AvgIpc) is 3.37. The Morgan fingerprint density at radius 3 is 2.49 bits per heavy atom. The molecule has 0 spiro atoms. The SMILES string of the molecule is CC(C)(C)OC(=O)CCc1ccc(CC(=O)CCCNC(=O)CCCCC2SCC3NC(=O)CC32)cc1. The Bertz CT molecular complexity index is 941. The van der Waals surface area contributed by atoms with E-state index < -0.39 is 5.60 Å². The van der Waals surface area contributed by atoms with E-state index in [4.69, 9.17) is 4.74 Å². The highest BCUT2D eigenvalue weighted by atomic mass is 32.2. The normalized spacial score (nSPS) is 20.8. The fourth-order valence-corrected chi connectivity index (χ4v) is 6.60. The van der Waals surface area contributed by atoms with Crippen LogP contribution < -0.4 is 10.6 Å². The fraction of sp³-hybridized carbons (Fsp3) is 0.655. The second-order valence-corrected chi connectivity index (χ2v) is 12.5. The first-order valence-corrected chi connectivity index (χ1v) is 14.6. The number of rotatable bonds is 14. The van der Waals surface area contributed by atoms with Crippen molar-refractivity contribution in [1.29, 1.82) is 0 Å². The number of carbonyl (C=O) groups is 4. The molecular formula is C29H42N2O5S. The number of amides is 2. The van der Waals surface area contributed by atoms with Crippen molar-refractivity contribution in [3.05, 3.63) is 35.4 Å². The van der Waals surface area contributed by atoms with Crippen molar-refractivity contribution >= 4 is 35.3 Å². The van der Waals surface area contributed by atoms with Crippen molar-refractivity contribution in [2.75, 3.05) is 12.3 Å². The molecule has 3 rings (SSSR count). The molecule has 204 valence electrons. The van der Waals surface area contributed by atoms with E-state index in [2.05, 4.69) is 10.6 Å². The Hall–Kier alpha value is -2.35. The van der Waals surface area contributed by atoms with Crippen LogP contribution in [0.4, 0.5) is 0 Å². The van der Waals surface area contributed by atoms with Crippen LogP contribution in [-0.2, 0) is 36.8 Å². The number of hydrogen-bond acceptors (Lipinski definition) is 6. The van der Waals surface area contributed by atoms with Crippen LogP contribution in [0.5, 0.6) is 0 Å². The van der Waals surface area contributed by atoms with Crippen molar-refractivity contribution in [3.8, 4) is 0 Å². The highest BCUT2D eigenvalue weighted by Gasteiger charge is 2.42. The Labute approximate surface area is 225 Å². The van der Waals surface area contributed by atoms with E-state index in [1.807, 2.05) is 56.8 Å². The van der Waals surface area contributed by atoms with Crippen LogP contribution in [0.15, 0.2) is 24.3 Å². The standard InChI is InChI=1S/C29H42N2O5S/c1-29(2,3)36-28(35)15-14-20-10-12-21(13-11-20)17-22(32)7-6-16-30-26(33)9-5-4-8-25-23-18-27(34)31-24(23)19-37-25/h10-13,23-25H,4-9,14-19H2,1-3H3,(H,30,33)(H,31,34). The molecule has 2 saturated heterocycles. The van der Waals surface area contributed by atoms with Gasteiger partial charge in [0.2, 0.25) is 11.8 Å². The summed E-state index contributed by atoms with van der Waals surface area (Å²) in [5.41, 5.74) is 1.53. The highest BCUT2D eigenvalue weighted by molar-refractivity contribution is 8.00. The number of thioether (sulfide) groups is 1. The summed E-state index contributed by atoms with van der Waals surface area (Å²) in [5, 5.41) is 6.52. The molecule has 2 fully saturated rings. The first kappa shape index (κ1) is 29.2. The van der Waals surface area contributed by atoms with Crippen LogP contribution in [-0.4, -0.2) is 52.8 Å². The largest absolute Gasteiger partial charge is 0.460 e. The molecule has 7 nitrogen and oxygen atoms in total. The minimum atomic E-state index is -0.472. The van der Waals surface area contributed by atoms with Gasteiger partial charge in [0, 0.05) is 61.6 Å². The Balaban J connectivity index is 1.21. The number of Topliss-reactive ketones (excluding diaryl/α,β-unsaturated/α-hetero) is 1. The summed E-state index contributed by atoms with van der Waals surface area (Å²) < 4.78 is 5.33. The minimum absolute atomic E-state index is 0.0454. The summed E-state index contributed by atoms with van der Waals surface area (Å²) in [6, 6.07) is 8.15. The number of carbonyl (C=O) groups excluding carboxylic acids is 4. The topological polar surface area (TPSA) is 102 Å². The van der Waals surface area contributed by atoms with Crippen molar-refractivity contribution in [3.63, 3.8) is 0 Å². The van der Waals surface area contributed by atoms with Crippen molar-refractivity contribution in [2.45, 2.75) is 102 Å². The zero-order valence-corrected chi connectivity index (χ0v) is 23.3. The number of hydrogen-bond donors (Lipinski definition) is 2. The quantitative estimate of drug-likeness (QED) is 0.277. The van der Waals surface area contributed by atoms with Gasteiger partial charge in [-0.25, -0.2) is 0 Å². The maximum atomic E-state index is 12.3. The van der Waals surface area contributed by atoms with Crippen molar-refractivity contribution in [2.24, 2.45) is 5.92 Å². The third-order valence-electron chi connectivity index (χ3n) is 6.81. The molecule has 1 aromatic rings. The second kappa shape index (κ2) is 14.0. The zero-order chi connectivity index (χ0) is 26.8. The van der Waals surface area contributed by atoms with Crippen LogP contribution in [0.25, 0.3) is 0 Å². The average molecular weight is 531 g/mol. The van der Waals surface area contributed by atoms with E-state index in [0.29, 0.717) is 68.7 Å². The Kier molecular flexibility index (Phi) is 11.0. The molecule has 0 aromatic heterocycles. The number of ether oxygens (including phenoxy) is 1. The lowest BCUT2D eigenvalue weighted by Gasteiger charge is -2.19. The first-order chi connectivity index (χ1) is 17.6. The predicted octanol–water partition coefficient (Wildman–Crippen LogP) is 4.15. The number of nitrogens with one attached hydrogen (secondary N) is 2. The van der Waals surface area contributed by atoms with Crippen molar-refractivity contribution < 1.29 is 23.9 Å². The molecule has 3 unspecified atom stereocenters. The zero-order valence-electron chi connectivity index (χ0n) is 22.5. The van der Waals surface area contributed by atoms with Gasteiger partial charge in [0.05, 0.1) is 0 Å². The lowest BCUT2D eigenvalue weighted by Crippen LogP contribution is -2.29. The molecule has 0 radical (unpaired) electrons. The molecule has 2 heterocycles. The molecule has 2 N–H and O–H groups in total. The van der Waals surface area contributed by atoms with Gasteiger partial charge in [-0.3, -0.25) is 19.2 Å². The van der Waals surface area contributed by atoms with Gasteiger partial charge in [0.25, 0.3) is 0 Å². The van der Waals surface area contributed by atoms with Gasteiger partial charge in [-0.2, -0.15) is 11.8 Å². The minimum Gasteiger partial charge on any atom is -0.460 e. The molecule has 0 saturated carbocycles. The van der Waals surface area contributed by atoms with Crippen LogP contribution in [0.2, 0.25) is 0 Å². The molecule has 0 bridgehead atoms. The van der Waals surface area contributed by atoms with Crippen LogP contribution >= 0.6 is 11.8 Å². The molecule has 2 amide bonds. The van der Waals surface area contributed by atoms with E-state index in [9.17, 15) is 19.2 Å². The van der Waals surface area contributed by atoms with Gasteiger partial charge in [-0.05, 0) is 57.6 Å². The van der Waals surface area contributed by atoms with E-state index in [0.717, 1.165) is 36.1 Å². The van der Waals surface area contributed by atoms with Crippen LogP contribution in [0, 0.1) is 5.92 Å². The monoisotopic (exact) mass is 530 g/mol. The van der Waals surface area contributed by atoms with E-state index in [-0.39, 0.29) is 23.6 Å². The molecule has 2 aliphatic heterocycles. The van der Waals surface area contributed by atoms with E-state index >= 15 is 0 Å². The van der Waals surface area contributed by atoms with Gasteiger partial charge in [-0.15, -0.1) is 0 Å². The summed E-state index contributed by atoms with van der Waals surface area (Å²) in [5.74, 6) is 1.66. The molecule has 3 atom stereocenters. The lowest BCUT2D eigenvalue weighted by molar-refractivity contribution is -0.154. The predicted molar refractivity (Wildman–Crippen MR) is 146 cm³/mol. The molecular weight excluding hydrogens is 488 g/mol. The highest BCUT2D eigenvalue weighted by Crippen LogP contribution is 2.40. The molecule has 1 aromatic carbocycles. The Morgan fingerprint density at radius 1 is 1.03 bits per heavy atom. The third-order valence-corrected chi connectivity index (χ3v) is 8.38. The number of fused-ring (bicyclic) bond motifs is 1. The third kappa shape index (κ3) is 10.5. The summed E-state index contributed by atoms with van der Waals surface area (Å²) in [6.45, 7) is 6.09. The maximum Gasteiger partial charge on any atom is 0.306 e. The molecule has 2 aliphatic rings.